The van der Waals surface area contributed by atoms with Crippen LogP contribution in [0.1, 0.15) is 5.56 Å². The van der Waals surface area contributed by atoms with Crippen molar-refractivity contribution in [3.8, 4) is 0 Å². The second-order valence-electron chi connectivity index (χ2n) is 2.59. The minimum absolute atomic E-state index is 0.430. The van der Waals surface area contributed by atoms with E-state index in [-0.39, 0.29) is 0 Å². The van der Waals surface area contributed by atoms with Crippen LogP contribution in [0.2, 0.25) is 0 Å². The number of hydrogen-bond donors (Lipinski definition) is 0. The smallest absolute Gasteiger partial charge is 0.211 e. The molecule has 1 rings (SSSR count). The monoisotopic (exact) mass is 188 g/mol. The molecule has 14 heavy (non-hydrogen) atoms. The minimum Gasteiger partial charge on any atom is -0.211 e. The van der Waals surface area contributed by atoms with E-state index >= 15 is 0 Å². The topological polar surface area (TPSA) is 58.9 Å². The molecule has 0 bridgehead atoms. The largest absolute Gasteiger partial charge is 0.240 e. The van der Waals surface area contributed by atoms with Crippen molar-refractivity contribution >= 4 is 17.8 Å². The van der Waals surface area contributed by atoms with Crippen LogP contribution in [0, 0.1) is 0 Å². The highest BCUT2D eigenvalue weighted by atomic mass is 16.1. The molecule has 0 aliphatic carbocycles. The molecule has 0 unspecified atom stereocenters. The molecule has 0 saturated heterocycles. The highest BCUT2D eigenvalue weighted by Crippen LogP contribution is 2.12. The molecule has 0 atom stereocenters. The van der Waals surface area contributed by atoms with E-state index in [1.165, 1.54) is 12.2 Å². The molecule has 4 nitrogen and oxygen atoms in total. The number of carbonyl (C=O) groups excluding carboxylic acids is 2. The second-order valence-corrected chi connectivity index (χ2v) is 2.59. The molecule has 0 heterocycles. The Labute approximate surface area is 81.0 Å². The average Bonchev–Trinajstić information content (AvgIpc) is 2.21. The van der Waals surface area contributed by atoms with Crippen molar-refractivity contribution in [2.75, 3.05) is 6.54 Å². The molecule has 0 N–H and O–H groups in total. The number of rotatable bonds is 4. The first-order valence-corrected chi connectivity index (χ1v) is 4.07. The summed E-state index contributed by atoms with van der Waals surface area (Å²) in [6.45, 7) is 0.430. The van der Waals surface area contributed by atoms with Gasteiger partial charge in [0.25, 0.3) is 0 Å². The summed E-state index contributed by atoms with van der Waals surface area (Å²) >= 11 is 0. The summed E-state index contributed by atoms with van der Waals surface area (Å²) in [5, 5.41) is 0. The Hall–Kier alpha value is -2.02. The Kier molecular flexibility index (Phi) is 4.02. The Morgan fingerprint density at radius 3 is 2.36 bits per heavy atom. The maximum Gasteiger partial charge on any atom is 0.240 e. The van der Waals surface area contributed by atoms with Gasteiger partial charge in [-0.05, 0) is 24.1 Å². The van der Waals surface area contributed by atoms with Crippen molar-refractivity contribution in [2.24, 2.45) is 9.98 Å². The molecule has 0 aliphatic rings. The Morgan fingerprint density at radius 2 is 1.79 bits per heavy atom. The third-order valence-corrected chi connectivity index (χ3v) is 1.69. The van der Waals surface area contributed by atoms with E-state index in [9.17, 15) is 9.59 Å². The van der Waals surface area contributed by atoms with Gasteiger partial charge in [-0.25, -0.2) is 14.6 Å². The zero-order chi connectivity index (χ0) is 10.2. The summed E-state index contributed by atoms with van der Waals surface area (Å²) in [6, 6.07) is 7.09. The van der Waals surface area contributed by atoms with E-state index in [0.717, 1.165) is 5.56 Å². The number of benzene rings is 1. The van der Waals surface area contributed by atoms with E-state index in [4.69, 9.17) is 0 Å². The van der Waals surface area contributed by atoms with Crippen molar-refractivity contribution in [2.45, 2.75) is 6.42 Å². The standard InChI is InChI=1S/C10H8N2O2/c13-7-11-6-5-9-1-3-10(4-2-9)12-8-14/h1-4H,5-6H2. The molecular weight excluding hydrogens is 180 g/mol. The molecule has 1 aromatic rings. The van der Waals surface area contributed by atoms with Crippen LogP contribution in [0.3, 0.4) is 0 Å². The lowest BCUT2D eigenvalue weighted by Gasteiger charge is -1.96. The molecular formula is C10H8N2O2. The molecule has 0 radical (unpaired) electrons. The number of aliphatic imine (C=N–C) groups is 2. The van der Waals surface area contributed by atoms with E-state index < -0.39 is 0 Å². The quantitative estimate of drug-likeness (QED) is 0.531. The van der Waals surface area contributed by atoms with Crippen molar-refractivity contribution in [3.63, 3.8) is 0 Å². The summed E-state index contributed by atoms with van der Waals surface area (Å²) in [5.41, 5.74) is 1.61. The van der Waals surface area contributed by atoms with Gasteiger partial charge in [0.1, 0.15) is 0 Å². The molecule has 0 saturated carbocycles. The summed E-state index contributed by atoms with van der Waals surface area (Å²) in [4.78, 5) is 26.6. The van der Waals surface area contributed by atoms with Gasteiger partial charge in [0.05, 0.1) is 12.2 Å². The lowest BCUT2D eigenvalue weighted by Crippen LogP contribution is -1.87. The highest BCUT2D eigenvalue weighted by molar-refractivity contribution is 5.49. The molecule has 0 aliphatic heterocycles. The van der Waals surface area contributed by atoms with Gasteiger partial charge in [0, 0.05) is 0 Å². The fourth-order valence-corrected chi connectivity index (χ4v) is 1.02. The second kappa shape index (κ2) is 5.60. The Morgan fingerprint density at radius 1 is 1.07 bits per heavy atom. The maximum atomic E-state index is 9.92. The maximum absolute atomic E-state index is 9.92. The number of isocyanates is 2. The molecule has 1 aromatic carbocycles. The van der Waals surface area contributed by atoms with Crippen molar-refractivity contribution in [1.82, 2.24) is 0 Å². The first-order valence-electron chi connectivity index (χ1n) is 4.07. The first-order chi connectivity index (χ1) is 6.86. The van der Waals surface area contributed by atoms with Crippen molar-refractivity contribution in [3.05, 3.63) is 29.8 Å². The summed E-state index contributed by atoms with van der Waals surface area (Å²) in [6.07, 6.45) is 3.62. The van der Waals surface area contributed by atoms with Crippen LogP contribution >= 0.6 is 0 Å². The van der Waals surface area contributed by atoms with Gasteiger partial charge in [-0.3, -0.25) is 0 Å². The number of nitrogens with zero attached hydrogens (tertiary/aromatic N) is 2. The van der Waals surface area contributed by atoms with Gasteiger partial charge in [0.2, 0.25) is 12.2 Å². The fourth-order valence-electron chi connectivity index (χ4n) is 1.02. The van der Waals surface area contributed by atoms with Gasteiger partial charge in [-0.15, -0.1) is 0 Å². The average molecular weight is 188 g/mol. The van der Waals surface area contributed by atoms with E-state index in [0.29, 0.717) is 18.7 Å². The predicted molar refractivity (Wildman–Crippen MR) is 50.9 cm³/mol. The van der Waals surface area contributed by atoms with Gasteiger partial charge < -0.3 is 0 Å². The summed E-state index contributed by atoms with van der Waals surface area (Å²) in [7, 11) is 0. The minimum atomic E-state index is 0.430. The van der Waals surface area contributed by atoms with E-state index in [1.807, 2.05) is 12.1 Å². The van der Waals surface area contributed by atoms with Crippen LogP contribution in [0.5, 0.6) is 0 Å². The Bertz CT molecular complexity index is 385. The molecule has 0 amide bonds. The highest BCUT2D eigenvalue weighted by Gasteiger charge is 1.92. The summed E-state index contributed by atoms with van der Waals surface area (Å²) in [5.74, 6) is 0. The van der Waals surface area contributed by atoms with Crippen molar-refractivity contribution < 1.29 is 9.59 Å². The third kappa shape index (κ3) is 3.15. The van der Waals surface area contributed by atoms with Crippen LogP contribution in [0.25, 0.3) is 0 Å². The van der Waals surface area contributed by atoms with E-state index in [1.54, 1.807) is 12.1 Å². The molecule has 0 spiro atoms. The third-order valence-electron chi connectivity index (χ3n) is 1.69. The van der Waals surface area contributed by atoms with Crippen LogP contribution in [0.4, 0.5) is 5.69 Å². The van der Waals surface area contributed by atoms with Gasteiger partial charge in [0.15, 0.2) is 0 Å². The van der Waals surface area contributed by atoms with Crippen LogP contribution in [-0.4, -0.2) is 18.7 Å². The fraction of sp³-hybridized carbons (Fsp3) is 0.200. The molecule has 0 fully saturated rings. The van der Waals surface area contributed by atoms with Gasteiger partial charge in [-0.1, -0.05) is 12.1 Å². The van der Waals surface area contributed by atoms with Crippen LogP contribution in [0.15, 0.2) is 34.3 Å². The zero-order valence-electron chi connectivity index (χ0n) is 7.43. The lowest BCUT2D eigenvalue weighted by molar-refractivity contribution is 0.562. The Balaban J connectivity index is 2.63. The predicted octanol–water partition coefficient (Wildman–Crippen LogP) is 1.53. The molecule has 0 aromatic heterocycles. The summed E-state index contributed by atoms with van der Waals surface area (Å²) < 4.78 is 0. The lowest BCUT2D eigenvalue weighted by atomic mass is 10.1. The zero-order valence-corrected chi connectivity index (χ0v) is 7.43. The van der Waals surface area contributed by atoms with Gasteiger partial charge >= 0.3 is 0 Å². The van der Waals surface area contributed by atoms with Crippen LogP contribution < -0.4 is 0 Å². The SMILES string of the molecule is O=C=NCCc1ccc(N=C=O)cc1. The normalized spacial score (nSPS) is 8.57. The number of hydrogen-bond acceptors (Lipinski definition) is 4. The van der Waals surface area contributed by atoms with Crippen LogP contribution in [-0.2, 0) is 16.0 Å². The van der Waals surface area contributed by atoms with Gasteiger partial charge in [-0.2, -0.15) is 4.99 Å². The van der Waals surface area contributed by atoms with Crippen molar-refractivity contribution in [1.29, 1.82) is 0 Å². The first kappa shape index (κ1) is 10.1. The molecule has 70 valence electrons. The molecule has 4 heteroatoms. The van der Waals surface area contributed by atoms with E-state index in [2.05, 4.69) is 9.98 Å².